The van der Waals surface area contributed by atoms with Crippen LogP contribution in [0, 0.1) is 11.7 Å². The summed E-state index contributed by atoms with van der Waals surface area (Å²) >= 11 is 6.17. The molecule has 2 rings (SSSR count). The lowest BCUT2D eigenvalue weighted by atomic mass is 10.1. The normalized spacial score (nSPS) is 11.6. The number of amides is 1. The van der Waals surface area contributed by atoms with Gasteiger partial charge in [0.15, 0.2) is 9.84 Å². The molecule has 0 fully saturated rings. The van der Waals surface area contributed by atoms with Gasteiger partial charge in [0.2, 0.25) is 5.91 Å². The number of benzene rings is 1. The molecule has 24 heavy (non-hydrogen) atoms. The summed E-state index contributed by atoms with van der Waals surface area (Å²) in [4.78, 5) is 15.6. The second kappa shape index (κ2) is 6.86. The highest BCUT2D eigenvalue weighted by molar-refractivity contribution is 7.90. The molecule has 5 nitrogen and oxygen atoms in total. The van der Waals surface area contributed by atoms with Crippen molar-refractivity contribution in [1.29, 1.82) is 0 Å². The van der Waals surface area contributed by atoms with Crippen LogP contribution in [0.2, 0.25) is 5.02 Å². The highest BCUT2D eigenvalue weighted by Crippen LogP contribution is 2.33. The number of nitrogens with zero attached hydrogens (tertiary/aromatic N) is 1. The minimum atomic E-state index is -3.45. The summed E-state index contributed by atoms with van der Waals surface area (Å²) in [5.74, 6) is -1.31. The molecule has 0 atom stereocenters. The minimum Gasteiger partial charge on any atom is -0.323 e. The molecule has 1 heterocycles. The zero-order valence-electron chi connectivity index (χ0n) is 13.3. The summed E-state index contributed by atoms with van der Waals surface area (Å²) in [6, 6.07) is 3.80. The summed E-state index contributed by atoms with van der Waals surface area (Å²) in [7, 11) is -3.45. The molecule has 1 amide bonds. The number of anilines is 1. The number of halogens is 2. The number of hydrogen-bond acceptors (Lipinski definition) is 4. The van der Waals surface area contributed by atoms with Crippen LogP contribution < -0.4 is 5.32 Å². The van der Waals surface area contributed by atoms with Gasteiger partial charge in [0.1, 0.15) is 5.82 Å². The molecule has 1 N–H and O–H groups in total. The van der Waals surface area contributed by atoms with E-state index in [2.05, 4.69) is 10.3 Å². The van der Waals surface area contributed by atoms with E-state index >= 15 is 0 Å². The molecule has 0 unspecified atom stereocenters. The van der Waals surface area contributed by atoms with E-state index in [9.17, 15) is 17.6 Å². The van der Waals surface area contributed by atoms with E-state index in [1.807, 2.05) is 0 Å². The third kappa shape index (κ3) is 4.10. The van der Waals surface area contributed by atoms with Crippen molar-refractivity contribution in [2.75, 3.05) is 11.6 Å². The lowest BCUT2D eigenvalue weighted by Crippen LogP contribution is -2.18. The molecule has 0 saturated heterocycles. The first-order chi connectivity index (χ1) is 11.1. The van der Waals surface area contributed by atoms with E-state index in [-0.39, 0.29) is 33.0 Å². The van der Waals surface area contributed by atoms with Crippen molar-refractivity contribution in [3.05, 3.63) is 41.4 Å². The van der Waals surface area contributed by atoms with Gasteiger partial charge in [-0.2, -0.15) is 0 Å². The van der Waals surface area contributed by atoms with Gasteiger partial charge in [-0.25, -0.2) is 12.8 Å². The highest BCUT2D eigenvalue weighted by atomic mass is 35.5. The Kier molecular flexibility index (Phi) is 5.25. The van der Waals surface area contributed by atoms with Gasteiger partial charge in [0.05, 0.1) is 15.6 Å². The lowest BCUT2D eigenvalue weighted by Gasteiger charge is -2.12. The zero-order chi connectivity index (χ0) is 18.1. The fourth-order valence-corrected chi connectivity index (χ4v) is 2.78. The molecule has 1 aromatic heterocycles. The van der Waals surface area contributed by atoms with Crippen LogP contribution in [0.15, 0.2) is 35.5 Å². The molecular weight excluding hydrogens is 355 g/mol. The molecule has 0 aliphatic rings. The Morgan fingerprint density at radius 1 is 1.25 bits per heavy atom. The number of hydrogen-bond donors (Lipinski definition) is 1. The van der Waals surface area contributed by atoms with Gasteiger partial charge >= 0.3 is 0 Å². The van der Waals surface area contributed by atoms with Crippen molar-refractivity contribution < 1.29 is 17.6 Å². The Morgan fingerprint density at radius 3 is 2.50 bits per heavy atom. The number of aromatic nitrogens is 1. The summed E-state index contributed by atoms with van der Waals surface area (Å²) in [6.07, 6.45) is 3.66. The molecule has 0 radical (unpaired) electrons. The van der Waals surface area contributed by atoms with E-state index in [1.54, 1.807) is 13.8 Å². The average molecular weight is 371 g/mol. The van der Waals surface area contributed by atoms with Gasteiger partial charge in [0, 0.05) is 35.7 Å². The second-order valence-corrected chi connectivity index (χ2v) is 8.06. The van der Waals surface area contributed by atoms with Gasteiger partial charge in [-0.05, 0) is 18.2 Å². The molecular formula is C16H16ClFN2O3S. The molecule has 0 saturated carbocycles. The van der Waals surface area contributed by atoms with Gasteiger partial charge in [-0.15, -0.1) is 0 Å². The van der Waals surface area contributed by atoms with Crippen LogP contribution in [0.25, 0.3) is 11.1 Å². The fourth-order valence-electron chi connectivity index (χ4n) is 1.91. The van der Waals surface area contributed by atoms with Crippen LogP contribution in [-0.2, 0) is 14.6 Å². The standard InChI is InChI=1S/C16H16ClFN2O3S/c1-9(2)16(21)20-15-6-13(17)12(5-14(15)18)10-4-11(8-19-7-10)24(3,22)23/h4-9H,1-3H3,(H,20,21). The molecule has 128 valence electrons. The quantitative estimate of drug-likeness (QED) is 0.893. The number of nitrogens with one attached hydrogen (secondary N) is 1. The summed E-state index contributed by atoms with van der Waals surface area (Å²) in [5, 5.41) is 2.62. The van der Waals surface area contributed by atoms with Crippen LogP contribution in [-0.4, -0.2) is 25.6 Å². The van der Waals surface area contributed by atoms with E-state index in [4.69, 9.17) is 11.6 Å². The smallest absolute Gasteiger partial charge is 0.227 e. The Morgan fingerprint density at radius 2 is 1.92 bits per heavy atom. The molecule has 0 aliphatic heterocycles. The predicted octanol–water partition coefficient (Wildman–Crippen LogP) is 3.54. The maximum Gasteiger partial charge on any atom is 0.227 e. The predicted molar refractivity (Wildman–Crippen MR) is 91.2 cm³/mol. The minimum absolute atomic E-state index is 0.00802. The first-order valence-electron chi connectivity index (χ1n) is 7.05. The molecule has 1 aromatic carbocycles. The van der Waals surface area contributed by atoms with Crippen molar-refractivity contribution in [2.24, 2.45) is 5.92 Å². The van der Waals surface area contributed by atoms with Gasteiger partial charge in [0.25, 0.3) is 0 Å². The SMILES string of the molecule is CC(C)C(=O)Nc1cc(Cl)c(-c2cncc(S(C)(=O)=O)c2)cc1F. The molecule has 0 bridgehead atoms. The average Bonchev–Trinajstić information content (AvgIpc) is 2.49. The molecule has 0 spiro atoms. The fraction of sp³-hybridized carbons (Fsp3) is 0.250. The van der Waals surface area contributed by atoms with E-state index in [0.29, 0.717) is 5.56 Å². The molecule has 0 aliphatic carbocycles. The van der Waals surface area contributed by atoms with Gasteiger partial charge in [-0.1, -0.05) is 25.4 Å². The zero-order valence-corrected chi connectivity index (χ0v) is 14.9. The van der Waals surface area contributed by atoms with Crippen molar-refractivity contribution >= 4 is 33.0 Å². The highest BCUT2D eigenvalue weighted by Gasteiger charge is 2.16. The summed E-state index contributed by atoms with van der Waals surface area (Å²) < 4.78 is 37.5. The van der Waals surface area contributed by atoms with Crippen LogP contribution in [0.5, 0.6) is 0 Å². The second-order valence-electron chi connectivity index (χ2n) is 5.64. The van der Waals surface area contributed by atoms with Crippen LogP contribution >= 0.6 is 11.6 Å². The van der Waals surface area contributed by atoms with Crippen LogP contribution in [0.3, 0.4) is 0 Å². The molecule has 2 aromatic rings. The van der Waals surface area contributed by atoms with E-state index in [1.165, 1.54) is 24.5 Å². The first-order valence-corrected chi connectivity index (χ1v) is 9.32. The monoisotopic (exact) mass is 370 g/mol. The van der Waals surface area contributed by atoms with Crippen molar-refractivity contribution in [3.8, 4) is 11.1 Å². The van der Waals surface area contributed by atoms with Crippen molar-refractivity contribution in [2.45, 2.75) is 18.7 Å². The summed E-state index contributed by atoms with van der Waals surface area (Å²) in [5.41, 5.74) is 0.618. The van der Waals surface area contributed by atoms with Crippen LogP contribution in [0.4, 0.5) is 10.1 Å². The summed E-state index contributed by atoms with van der Waals surface area (Å²) in [6.45, 7) is 3.37. The Hall–Kier alpha value is -1.99. The Balaban J connectivity index is 2.47. The van der Waals surface area contributed by atoms with Crippen molar-refractivity contribution in [1.82, 2.24) is 4.98 Å². The lowest BCUT2D eigenvalue weighted by molar-refractivity contribution is -0.118. The van der Waals surface area contributed by atoms with E-state index < -0.39 is 15.7 Å². The maximum atomic E-state index is 14.3. The van der Waals surface area contributed by atoms with E-state index in [0.717, 1.165) is 12.3 Å². The number of sulfone groups is 1. The first kappa shape index (κ1) is 18.4. The number of carbonyl (C=O) groups is 1. The maximum absolute atomic E-state index is 14.3. The Bertz CT molecular complexity index is 898. The van der Waals surface area contributed by atoms with Crippen LogP contribution in [0.1, 0.15) is 13.8 Å². The number of carbonyl (C=O) groups excluding carboxylic acids is 1. The molecule has 8 heteroatoms. The third-order valence-electron chi connectivity index (χ3n) is 3.29. The number of rotatable bonds is 4. The Labute approximate surface area is 144 Å². The topological polar surface area (TPSA) is 76.1 Å². The largest absolute Gasteiger partial charge is 0.323 e. The number of pyridine rings is 1. The van der Waals surface area contributed by atoms with Gasteiger partial charge in [-0.3, -0.25) is 9.78 Å². The van der Waals surface area contributed by atoms with Gasteiger partial charge < -0.3 is 5.32 Å². The third-order valence-corrected chi connectivity index (χ3v) is 4.68. The van der Waals surface area contributed by atoms with Crippen molar-refractivity contribution in [3.63, 3.8) is 0 Å².